The summed E-state index contributed by atoms with van der Waals surface area (Å²) >= 11 is 0. The Hall–Kier alpha value is -0.900. The third-order valence-electron chi connectivity index (χ3n) is 3.45. The summed E-state index contributed by atoms with van der Waals surface area (Å²) in [6.45, 7) is 3.88. The molecule has 0 aliphatic heterocycles. The van der Waals surface area contributed by atoms with Crippen molar-refractivity contribution in [2.24, 2.45) is 5.73 Å². The van der Waals surface area contributed by atoms with Crippen molar-refractivity contribution in [3.8, 4) is 0 Å². The monoisotopic (exact) mass is 264 g/mol. The topological polar surface area (TPSA) is 49.5 Å². The van der Waals surface area contributed by atoms with Gasteiger partial charge in [0.25, 0.3) is 0 Å². The van der Waals surface area contributed by atoms with Crippen molar-refractivity contribution < 1.29 is 5.11 Å². The molecule has 19 heavy (non-hydrogen) atoms. The average Bonchev–Trinajstić information content (AvgIpc) is 2.40. The smallest absolute Gasteiger partial charge is 0.0820 e. The highest BCUT2D eigenvalue weighted by atomic mass is 16.3. The molecule has 0 aliphatic rings. The van der Waals surface area contributed by atoms with E-state index in [2.05, 4.69) is 24.0 Å². The molecule has 0 bridgehead atoms. The van der Waals surface area contributed by atoms with Crippen LogP contribution in [0.4, 0.5) is 0 Å². The lowest BCUT2D eigenvalue weighted by atomic mass is 10.0. The number of benzene rings is 1. The second kappa shape index (κ2) is 9.08. The first-order valence-corrected chi connectivity index (χ1v) is 7.29. The quantitative estimate of drug-likeness (QED) is 0.671. The average molecular weight is 264 g/mol. The summed E-state index contributed by atoms with van der Waals surface area (Å²) in [6.07, 6.45) is 3.92. The number of unbranched alkanes of at least 4 members (excludes halogenated alkanes) is 2. The normalized spacial score (nSPS) is 14.6. The molecule has 0 saturated heterocycles. The predicted molar refractivity (Wildman–Crippen MR) is 81.2 cm³/mol. The lowest BCUT2D eigenvalue weighted by molar-refractivity contribution is 0.101. The van der Waals surface area contributed by atoms with Crippen molar-refractivity contribution in [1.82, 2.24) is 4.90 Å². The summed E-state index contributed by atoms with van der Waals surface area (Å²) in [5.41, 5.74) is 7.26. The molecule has 0 radical (unpaired) electrons. The Balaban J connectivity index is 2.30. The van der Waals surface area contributed by atoms with Crippen LogP contribution in [0.1, 0.15) is 31.7 Å². The van der Waals surface area contributed by atoms with Gasteiger partial charge in [-0.2, -0.15) is 0 Å². The molecule has 0 amide bonds. The summed E-state index contributed by atoms with van der Waals surface area (Å²) in [5, 5.41) is 10.1. The minimum atomic E-state index is -0.466. The van der Waals surface area contributed by atoms with Crippen molar-refractivity contribution in [2.45, 2.75) is 44.8 Å². The molecule has 1 aromatic carbocycles. The van der Waals surface area contributed by atoms with E-state index in [1.54, 1.807) is 0 Å². The van der Waals surface area contributed by atoms with Crippen LogP contribution in [-0.4, -0.2) is 42.3 Å². The molecular weight excluding hydrogens is 236 g/mol. The van der Waals surface area contributed by atoms with E-state index in [1.807, 2.05) is 25.2 Å². The zero-order valence-electron chi connectivity index (χ0n) is 12.3. The maximum Gasteiger partial charge on any atom is 0.0820 e. The van der Waals surface area contributed by atoms with Gasteiger partial charge in [0.1, 0.15) is 0 Å². The van der Waals surface area contributed by atoms with E-state index in [-0.39, 0.29) is 6.04 Å². The SMILES string of the molecule is CCCCCN(C)CC(O)C(N)Cc1ccccc1. The Morgan fingerprint density at radius 3 is 2.53 bits per heavy atom. The third-order valence-corrected chi connectivity index (χ3v) is 3.45. The van der Waals surface area contributed by atoms with Crippen molar-refractivity contribution in [3.63, 3.8) is 0 Å². The summed E-state index contributed by atoms with van der Waals surface area (Å²) in [5.74, 6) is 0. The second-order valence-corrected chi connectivity index (χ2v) is 5.39. The fourth-order valence-electron chi connectivity index (χ4n) is 2.20. The van der Waals surface area contributed by atoms with Gasteiger partial charge < -0.3 is 15.7 Å². The number of hydrogen-bond donors (Lipinski definition) is 2. The summed E-state index contributed by atoms with van der Waals surface area (Å²) in [4.78, 5) is 2.17. The zero-order valence-corrected chi connectivity index (χ0v) is 12.3. The van der Waals surface area contributed by atoms with E-state index >= 15 is 0 Å². The van der Waals surface area contributed by atoms with Crippen molar-refractivity contribution in [2.75, 3.05) is 20.1 Å². The van der Waals surface area contributed by atoms with E-state index in [4.69, 9.17) is 5.73 Å². The molecule has 1 aromatic rings. The van der Waals surface area contributed by atoms with Crippen LogP contribution in [0.5, 0.6) is 0 Å². The molecule has 0 spiro atoms. The predicted octanol–water partition coefficient (Wildman–Crippen LogP) is 2.04. The first-order valence-electron chi connectivity index (χ1n) is 7.29. The van der Waals surface area contributed by atoms with E-state index in [9.17, 15) is 5.11 Å². The van der Waals surface area contributed by atoms with Gasteiger partial charge in [0.05, 0.1) is 6.10 Å². The Bertz CT molecular complexity index is 329. The first kappa shape index (κ1) is 16.2. The highest BCUT2D eigenvalue weighted by Crippen LogP contribution is 2.06. The van der Waals surface area contributed by atoms with Gasteiger partial charge in [-0.3, -0.25) is 0 Å². The molecule has 3 heteroatoms. The Morgan fingerprint density at radius 1 is 1.21 bits per heavy atom. The summed E-state index contributed by atoms with van der Waals surface area (Å²) in [6, 6.07) is 9.91. The molecule has 1 rings (SSSR count). The van der Waals surface area contributed by atoms with Gasteiger partial charge in [-0.1, -0.05) is 50.1 Å². The lowest BCUT2D eigenvalue weighted by Crippen LogP contribution is -2.43. The molecule has 0 heterocycles. The highest BCUT2D eigenvalue weighted by molar-refractivity contribution is 5.16. The van der Waals surface area contributed by atoms with Crippen LogP contribution in [0.25, 0.3) is 0 Å². The first-order chi connectivity index (χ1) is 9.13. The summed E-state index contributed by atoms with van der Waals surface area (Å²) < 4.78 is 0. The number of nitrogens with two attached hydrogens (primary N) is 1. The number of nitrogens with zero attached hydrogens (tertiary/aromatic N) is 1. The van der Waals surface area contributed by atoms with Gasteiger partial charge in [-0.15, -0.1) is 0 Å². The Labute approximate surface area is 117 Å². The Kier molecular flexibility index (Phi) is 7.72. The number of aliphatic hydroxyl groups is 1. The van der Waals surface area contributed by atoms with Gasteiger partial charge in [-0.25, -0.2) is 0 Å². The highest BCUT2D eigenvalue weighted by Gasteiger charge is 2.16. The minimum absolute atomic E-state index is 0.198. The molecule has 2 atom stereocenters. The fraction of sp³-hybridized carbons (Fsp3) is 0.625. The number of aliphatic hydroxyl groups excluding tert-OH is 1. The second-order valence-electron chi connectivity index (χ2n) is 5.39. The largest absolute Gasteiger partial charge is 0.390 e. The molecule has 0 aromatic heterocycles. The van der Waals surface area contributed by atoms with Crippen molar-refractivity contribution in [1.29, 1.82) is 0 Å². The maximum atomic E-state index is 10.1. The van der Waals surface area contributed by atoms with Crippen molar-refractivity contribution >= 4 is 0 Å². The maximum absolute atomic E-state index is 10.1. The van der Waals surface area contributed by atoms with E-state index in [0.29, 0.717) is 6.54 Å². The van der Waals surface area contributed by atoms with Gasteiger partial charge in [-0.05, 0) is 32.0 Å². The molecule has 0 fully saturated rings. The van der Waals surface area contributed by atoms with E-state index in [0.717, 1.165) is 13.0 Å². The number of hydrogen-bond acceptors (Lipinski definition) is 3. The molecular formula is C16H28N2O. The van der Waals surface area contributed by atoms with Crippen LogP contribution in [0.15, 0.2) is 30.3 Å². The standard InChI is InChI=1S/C16H28N2O/c1-3-4-8-11-18(2)13-16(19)15(17)12-14-9-6-5-7-10-14/h5-7,9-10,15-16,19H,3-4,8,11-13,17H2,1-2H3. The van der Waals surface area contributed by atoms with Gasteiger partial charge >= 0.3 is 0 Å². The molecule has 3 nitrogen and oxygen atoms in total. The zero-order chi connectivity index (χ0) is 14.1. The Morgan fingerprint density at radius 2 is 1.89 bits per heavy atom. The van der Waals surface area contributed by atoms with Gasteiger partial charge in [0.15, 0.2) is 0 Å². The van der Waals surface area contributed by atoms with Crippen molar-refractivity contribution in [3.05, 3.63) is 35.9 Å². The molecule has 0 aliphatic carbocycles. The van der Waals surface area contributed by atoms with Crippen LogP contribution in [0, 0.1) is 0 Å². The van der Waals surface area contributed by atoms with Crippen LogP contribution >= 0.6 is 0 Å². The van der Waals surface area contributed by atoms with Gasteiger partial charge in [0, 0.05) is 12.6 Å². The molecule has 2 unspecified atom stereocenters. The lowest BCUT2D eigenvalue weighted by Gasteiger charge is -2.24. The van der Waals surface area contributed by atoms with E-state index < -0.39 is 6.10 Å². The molecule has 108 valence electrons. The number of rotatable bonds is 9. The molecule has 0 saturated carbocycles. The molecule has 3 N–H and O–H groups in total. The van der Waals surface area contributed by atoms with Crippen LogP contribution in [-0.2, 0) is 6.42 Å². The van der Waals surface area contributed by atoms with Crippen LogP contribution in [0.3, 0.4) is 0 Å². The third kappa shape index (κ3) is 6.71. The van der Waals surface area contributed by atoms with E-state index in [1.165, 1.54) is 24.8 Å². The van der Waals surface area contributed by atoms with Crippen LogP contribution < -0.4 is 5.73 Å². The van der Waals surface area contributed by atoms with Gasteiger partial charge in [0.2, 0.25) is 0 Å². The number of likely N-dealkylation sites (N-methyl/N-ethyl adjacent to an activating group) is 1. The summed E-state index contributed by atoms with van der Waals surface area (Å²) in [7, 11) is 2.05. The fourth-order valence-corrected chi connectivity index (χ4v) is 2.20. The van der Waals surface area contributed by atoms with Crippen LogP contribution in [0.2, 0.25) is 0 Å². The minimum Gasteiger partial charge on any atom is -0.390 e.